The van der Waals surface area contributed by atoms with Gasteiger partial charge in [-0.2, -0.15) is 5.26 Å². The van der Waals surface area contributed by atoms with E-state index in [9.17, 15) is 0 Å². The van der Waals surface area contributed by atoms with E-state index in [1.807, 2.05) is 6.07 Å². The summed E-state index contributed by atoms with van der Waals surface area (Å²) in [4.78, 5) is 4.03. The first-order valence-electron chi connectivity index (χ1n) is 6.02. The SMILES string of the molecule is COc1cc(COc2ccc(CO)nc2)ccc1C#N. The summed E-state index contributed by atoms with van der Waals surface area (Å²) in [5, 5.41) is 17.8. The minimum Gasteiger partial charge on any atom is -0.495 e. The zero-order valence-corrected chi connectivity index (χ0v) is 11.0. The van der Waals surface area contributed by atoms with Gasteiger partial charge in [-0.1, -0.05) is 6.07 Å². The van der Waals surface area contributed by atoms with Crippen molar-refractivity contribution in [3.8, 4) is 17.6 Å². The second-order valence-corrected chi connectivity index (χ2v) is 4.08. The summed E-state index contributed by atoms with van der Waals surface area (Å²) >= 11 is 0. The molecule has 1 heterocycles. The molecule has 102 valence electrons. The Morgan fingerprint density at radius 1 is 1.30 bits per heavy atom. The molecule has 0 bridgehead atoms. The number of pyridine rings is 1. The van der Waals surface area contributed by atoms with Crippen molar-refractivity contribution in [2.75, 3.05) is 7.11 Å². The van der Waals surface area contributed by atoms with Crippen LogP contribution in [0.3, 0.4) is 0 Å². The molecule has 1 aromatic heterocycles. The van der Waals surface area contributed by atoms with Gasteiger partial charge in [0.15, 0.2) is 0 Å². The standard InChI is InChI=1S/C15H14N2O3/c1-19-15-6-11(2-3-12(15)7-16)10-20-14-5-4-13(9-18)17-8-14/h2-6,8,18H,9-10H2,1H3. The van der Waals surface area contributed by atoms with Gasteiger partial charge < -0.3 is 14.6 Å². The molecule has 0 saturated carbocycles. The fraction of sp³-hybridized carbons (Fsp3) is 0.200. The van der Waals surface area contributed by atoms with Crippen molar-refractivity contribution in [3.63, 3.8) is 0 Å². The number of nitrogens with zero attached hydrogens (tertiary/aromatic N) is 2. The summed E-state index contributed by atoms with van der Waals surface area (Å²) in [6, 6.07) is 10.8. The highest BCUT2D eigenvalue weighted by atomic mass is 16.5. The first kappa shape index (κ1) is 13.8. The number of aliphatic hydroxyl groups excluding tert-OH is 1. The summed E-state index contributed by atoms with van der Waals surface area (Å²) < 4.78 is 10.7. The van der Waals surface area contributed by atoms with Crippen LogP contribution in [-0.2, 0) is 13.2 Å². The first-order chi connectivity index (χ1) is 9.76. The molecule has 0 aliphatic heterocycles. The van der Waals surface area contributed by atoms with E-state index in [1.165, 1.54) is 7.11 Å². The third kappa shape index (κ3) is 3.25. The maximum absolute atomic E-state index is 8.91. The molecular weight excluding hydrogens is 256 g/mol. The Labute approximate surface area is 117 Å². The second kappa shape index (κ2) is 6.55. The van der Waals surface area contributed by atoms with E-state index in [1.54, 1.807) is 30.5 Å². The van der Waals surface area contributed by atoms with Crippen LogP contribution in [0.4, 0.5) is 0 Å². The molecule has 0 spiro atoms. The molecule has 0 fully saturated rings. The van der Waals surface area contributed by atoms with Gasteiger partial charge in [0.2, 0.25) is 0 Å². The van der Waals surface area contributed by atoms with E-state index >= 15 is 0 Å². The second-order valence-electron chi connectivity index (χ2n) is 4.08. The molecule has 20 heavy (non-hydrogen) atoms. The van der Waals surface area contributed by atoms with Crippen molar-refractivity contribution in [1.82, 2.24) is 4.98 Å². The van der Waals surface area contributed by atoms with E-state index in [2.05, 4.69) is 11.1 Å². The summed E-state index contributed by atoms with van der Waals surface area (Å²) in [5.74, 6) is 1.15. The van der Waals surface area contributed by atoms with Gasteiger partial charge in [0.1, 0.15) is 24.2 Å². The number of nitriles is 1. The average molecular weight is 270 g/mol. The number of aromatic nitrogens is 1. The number of rotatable bonds is 5. The van der Waals surface area contributed by atoms with Crippen LogP contribution in [0.15, 0.2) is 36.5 Å². The van der Waals surface area contributed by atoms with Crippen LogP contribution in [0, 0.1) is 11.3 Å². The molecule has 0 radical (unpaired) electrons. The van der Waals surface area contributed by atoms with E-state index in [4.69, 9.17) is 19.8 Å². The van der Waals surface area contributed by atoms with Crippen molar-refractivity contribution >= 4 is 0 Å². The maximum atomic E-state index is 8.91. The highest BCUT2D eigenvalue weighted by Gasteiger charge is 2.04. The zero-order valence-electron chi connectivity index (χ0n) is 11.0. The zero-order chi connectivity index (χ0) is 14.4. The lowest BCUT2D eigenvalue weighted by atomic mass is 10.1. The van der Waals surface area contributed by atoms with Gasteiger partial charge in [0, 0.05) is 0 Å². The van der Waals surface area contributed by atoms with Gasteiger partial charge in [0.25, 0.3) is 0 Å². The number of ether oxygens (including phenoxy) is 2. The molecule has 2 aromatic rings. The molecule has 5 nitrogen and oxygen atoms in total. The van der Waals surface area contributed by atoms with Gasteiger partial charge in [-0.15, -0.1) is 0 Å². The highest BCUT2D eigenvalue weighted by molar-refractivity contribution is 5.45. The molecule has 1 N–H and O–H groups in total. The normalized spacial score (nSPS) is 9.85. The quantitative estimate of drug-likeness (QED) is 0.899. The maximum Gasteiger partial charge on any atom is 0.138 e. The van der Waals surface area contributed by atoms with E-state index in [0.29, 0.717) is 29.4 Å². The van der Waals surface area contributed by atoms with E-state index in [0.717, 1.165) is 5.56 Å². The van der Waals surface area contributed by atoms with Crippen LogP contribution in [0.1, 0.15) is 16.8 Å². The van der Waals surface area contributed by atoms with Crippen molar-refractivity contribution < 1.29 is 14.6 Å². The topological polar surface area (TPSA) is 75.4 Å². The fourth-order valence-electron chi connectivity index (χ4n) is 1.67. The van der Waals surface area contributed by atoms with Gasteiger partial charge in [0.05, 0.1) is 31.2 Å². The Balaban J connectivity index is 2.05. The van der Waals surface area contributed by atoms with Crippen LogP contribution in [0.25, 0.3) is 0 Å². The monoisotopic (exact) mass is 270 g/mol. The molecular formula is C15H14N2O3. The first-order valence-corrected chi connectivity index (χ1v) is 6.02. The van der Waals surface area contributed by atoms with Crippen molar-refractivity contribution in [2.45, 2.75) is 13.2 Å². The number of benzene rings is 1. The summed E-state index contributed by atoms with van der Waals surface area (Å²) in [6.45, 7) is 0.259. The minimum atomic E-state index is -0.0902. The van der Waals surface area contributed by atoms with Crippen LogP contribution in [-0.4, -0.2) is 17.2 Å². The number of hydrogen-bond acceptors (Lipinski definition) is 5. The lowest BCUT2D eigenvalue weighted by Gasteiger charge is -2.08. The molecule has 0 atom stereocenters. The van der Waals surface area contributed by atoms with Gasteiger partial charge in [-0.25, -0.2) is 0 Å². The molecule has 1 aromatic carbocycles. The minimum absolute atomic E-state index is 0.0902. The van der Waals surface area contributed by atoms with Gasteiger partial charge in [-0.3, -0.25) is 4.98 Å². The van der Waals surface area contributed by atoms with E-state index < -0.39 is 0 Å². The highest BCUT2D eigenvalue weighted by Crippen LogP contribution is 2.20. The fourth-order valence-corrected chi connectivity index (χ4v) is 1.67. The summed E-state index contributed by atoms with van der Waals surface area (Å²) in [6.07, 6.45) is 1.56. The summed E-state index contributed by atoms with van der Waals surface area (Å²) in [5.41, 5.74) is 1.98. The predicted molar refractivity (Wildman–Crippen MR) is 72.2 cm³/mol. The van der Waals surface area contributed by atoms with Crippen LogP contribution in [0.5, 0.6) is 11.5 Å². The molecule has 0 unspecified atom stereocenters. The molecule has 5 heteroatoms. The molecule has 0 amide bonds. The molecule has 0 aliphatic carbocycles. The third-order valence-electron chi connectivity index (χ3n) is 2.75. The van der Waals surface area contributed by atoms with Crippen LogP contribution >= 0.6 is 0 Å². The third-order valence-corrected chi connectivity index (χ3v) is 2.75. The summed E-state index contributed by atoms with van der Waals surface area (Å²) in [7, 11) is 1.53. The average Bonchev–Trinajstić information content (AvgIpc) is 2.53. The number of hydrogen-bond donors (Lipinski definition) is 1. The van der Waals surface area contributed by atoms with Crippen LogP contribution < -0.4 is 9.47 Å². The molecule has 0 saturated heterocycles. The van der Waals surface area contributed by atoms with E-state index in [-0.39, 0.29) is 6.61 Å². The molecule has 2 rings (SSSR count). The lowest BCUT2D eigenvalue weighted by molar-refractivity contribution is 0.275. The Morgan fingerprint density at radius 2 is 2.15 bits per heavy atom. The van der Waals surface area contributed by atoms with Gasteiger partial charge >= 0.3 is 0 Å². The Morgan fingerprint density at radius 3 is 2.75 bits per heavy atom. The Bertz CT molecular complexity index is 618. The number of methoxy groups -OCH3 is 1. The smallest absolute Gasteiger partial charge is 0.138 e. The molecule has 0 aliphatic rings. The lowest BCUT2D eigenvalue weighted by Crippen LogP contribution is -1.98. The predicted octanol–water partition coefficient (Wildman–Crippen LogP) is 2.03. The Kier molecular flexibility index (Phi) is 4.53. The van der Waals surface area contributed by atoms with Crippen molar-refractivity contribution in [2.24, 2.45) is 0 Å². The largest absolute Gasteiger partial charge is 0.495 e. The van der Waals surface area contributed by atoms with Crippen molar-refractivity contribution in [1.29, 1.82) is 5.26 Å². The van der Waals surface area contributed by atoms with Crippen molar-refractivity contribution in [3.05, 3.63) is 53.3 Å². The number of aliphatic hydroxyl groups is 1. The Hall–Kier alpha value is -2.58. The van der Waals surface area contributed by atoms with Crippen LogP contribution in [0.2, 0.25) is 0 Å². The van der Waals surface area contributed by atoms with Gasteiger partial charge in [-0.05, 0) is 29.8 Å².